The fourth-order valence-electron chi connectivity index (χ4n) is 3.15. The topological polar surface area (TPSA) is 51.2 Å². The number of fused-ring (bicyclic) bond motifs is 1. The van der Waals surface area contributed by atoms with E-state index in [9.17, 15) is 4.79 Å². The van der Waals surface area contributed by atoms with E-state index in [0.717, 1.165) is 22.4 Å². The van der Waals surface area contributed by atoms with Crippen LogP contribution in [-0.4, -0.2) is 23.5 Å². The van der Waals surface area contributed by atoms with Crippen LogP contribution in [0, 0.1) is 0 Å². The van der Waals surface area contributed by atoms with Crippen molar-refractivity contribution in [2.75, 3.05) is 6.54 Å². The molecule has 2 heterocycles. The van der Waals surface area contributed by atoms with Gasteiger partial charge in [0.25, 0.3) is 5.91 Å². The third kappa shape index (κ3) is 3.41. The summed E-state index contributed by atoms with van der Waals surface area (Å²) >= 11 is 6.29. The van der Waals surface area contributed by atoms with Gasteiger partial charge in [0.05, 0.1) is 6.54 Å². The number of nitrogens with zero attached hydrogens (tertiary/aromatic N) is 1. The standard InChI is InChI=1S/C21H17ClN2O2/c22-17-10-16-11-18(13-24-21(25)15-4-2-1-3-5-15)26-20(16)19(12-17)14-6-8-23-9-7-14/h1-10,12,18H,11,13H2,(H,24,25)/t18-/m0/s1. The molecule has 26 heavy (non-hydrogen) atoms. The Balaban J connectivity index is 1.50. The molecule has 4 rings (SSSR count). The van der Waals surface area contributed by atoms with Gasteiger partial charge in [-0.2, -0.15) is 0 Å². The van der Waals surface area contributed by atoms with Crippen LogP contribution in [0.1, 0.15) is 15.9 Å². The summed E-state index contributed by atoms with van der Waals surface area (Å²) in [6, 6.07) is 16.9. The average molecular weight is 365 g/mol. The molecule has 1 aromatic heterocycles. The van der Waals surface area contributed by atoms with E-state index in [2.05, 4.69) is 10.3 Å². The molecule has 0 bridgehead atoms. The number of benzene rings is 2. The third-order valence-electron chi connectivity index (χ3n) is 4.38. The van der Waals surface area contributed by atoms with Crippen LogP contribution in [0.5, 0.6) is 5.75 Å². The fraction of sp³-hybridized carbons (Fsp3) is 0.143. The molecule has 1 aliphatic heterocycles. The molecule has 1 amide bonds. The van der Waals surface area contributed by atoms with Crippen molar-refractivity contribution in [3.8, 4) is 16.9 Å². The summed E-state index contributed by atoms with van der Waals surface area (Å²) in [5.41, 5.74) is 3.66. The highest BCUT2D eigenvalue weighted by atomic mass is 35.5. The maximum atomic E-state index is 12.2. The van der Waals surface area contributed by atoms with Crippen LogP contribution in [-0.2, 0) is 6.42 Å². The van der Waals surface area contributed by atoms with E-state index in [-0.39, 0.29) is 12.0 Å². The van der Waals surface area contributed by atoms with Crippen molar-refractivity contribution in [3.63, 3.8) is 0 Å². The largest absolute Gasteiger partial charge is 0.487 e. The quantitative estimate of drug-likeness (QED) is 0.757. The second-order valence-corrected chi connectivity index (χ2v) is 6.63. The number of ether oxygens (including phenoxy) is 1. The van der Waals surface area contributed by atoms with Gasteiger partial charge in [0, 0.05) is 40.5 Å². The lowest BCUT2D eigenvalue weighted by Gasteiger charge is -2.14. The predicted molar refractivity (Wildman–Crippen MR) is 102 cm³/mol. The van der Waals surface area contributed by atoms with Gasteiger partial charge in [-0.05, 0) is 42.0 Å². The molecule has 130 valence electrons. The Morgan fingerprint density at radius 2 is 1.92 bits per heavy atom. The van der Waals surface area contributed by atoms with Gasteiger partial charge >= 0.3 is 0 Å². The van der Waals surface area contributed by atoms with E-state index in [1.54, 1.807) is 24.5 Å². The smallest absolute Gasteiger partial charge is 0.251 e. The highest BCUT2D eigenvalue weighted by Crippen LogP contribution is 2.40. The summed E-state index contributed by atoms with van der Waals surface area (Å²) in [5.74, 6) is 0.733. The van der Waals surface area contributed by atoms with Crippen LogP contribution in [0.2, 0.25) is 5.02 Å². The molecule has 0 saturated heterocycles. The number of rotatable bonds is 4. The maximum absolute atomic E-state index is 12.2. The van der Waals surface area contributed by atoms with Crippen LogP contribution >= 0.6 is 11.6 Å². The first-order chi connectivity index (χ1) is 12.7. The summed E-state index contributed by atoms with van der Waals surface area (Å²) in [6.07, 6.45) is 4.09. The molecular formula is C21H17ClN2O2. The Kier molecular flexibility index (Phi) is 4.59. The van der Waals surface area contributed by atoms with Crippen molar-refractivity contribution in [3.05, 3.63) is 83.1 Å². The molecule has 0 aliphatic carbocycles. The average Bonchev–Trinajstić information content (AvgIpc) is 3.09. The van der Waals surface area contributed by atoms with Crippen molar-refractivity contribution in [1.29, 1.82) is 0 Å². The van der Waals surface area contributed by atoms with Crippen LogP contribution < -0.4 is 10.1 Å². The third-order valence-corrected chi connectivity index (χ3v) is 4.60. The molecule has 1 N–H and O–H groups in total. The van der Waals surface area contributed by atoms with E-state index in [1.807, 2.05) is 42.5 Å². The van der Waals surface area contributed by atoms with Gasteiger partial charge in [0.15, 0.2) is 0 Å². The summed E-state index contributed by atoms with van der Waals surface area (Å²) in [6.45, 7) is 0.440. The summed E-state index contributed by atoms with van der Waals surface area (Å²) < 4.78 is 6.14. The zero-order chi connectivity index (χ0) is 17.9. The summed E-state index contributed by atoms with van der Waals surface area (Å²) in [4.78, 5) is 16.3. The number of pyridine rings is 1. The van der Waals surface area contributed by atoms with E-state index in [1.165, 1.54) is 0 Å². The normalized spacial score (nSPS) is 15.2. The summed E-state index contributed by atoms with van der Waals surface area (Å²) in [7, 11) is 0. The first kappa shape index (κ1) is 16.6. The second-order valence-electron chi connectivity index (χ2n) is 6.20. The number of amides is 1. The Morgan fingerprint density at radius 3 is 2.69 bits per heavy atom. The number of carbonyl (C=O) groups is 1. The number of nitrogens with one attached hydrogen (secondary N) is 1. The van der Waals surface area contributed by atoms with Crippen LogP contribution in [0.4, 0.5) is 0 Å². The molecule has 0 fully saturated rings. The lowest BCUT2D eigenvalue weighted by molar-refractivity contribution is 0.0933. The van der Waals surface area contributed by atoms with Crippen LogP contribution in [0.25, 0.3) is 11.1 Å². The molecule has 0 spiro atoms. The first-order valence-corrected chi connectivity index (χ1v) is 8.81. The molecule has 3 aromatic rings. The molecule has 0 unspecified atom stereocenters. The Morgan fingerprint density at radius 1 is 1.15 bits per heavy atom. The van der Waals surface area contributed by atoms with Gasteiger partial charge in [-0.15, -0.1) is 0 Å². The Labute approximate surface area is 156 Å². The molecule has 0 saturated carbocycles. The minimum absolute atomic E-state index is 0.0995. The van der Waals surface area contributed by atoms with Gasteiger partial charge in [-0.1, -0.05) is 29.8 Å². The van der Waals surface area contributed by atoms with Gasteiger partial charge in [0.2, 0.25) is 0 Å². The van der Waals surface area contributed by atoms with Crippen molar-refractivity contribution in [2.45, 2.75) is 12.5 Å². The Bertz CT molecular complexity index is 930. The number of carbonyl (C=O) groups excluding carboxylic acids is 1. The first-order valence-electron chi connectivity index (χ1n) is 8.43. The van der Waals surface area contributed by atoms with Crippen molar-refractivity contribution in [1.82, 2.24) is 10.3 Å². The SMILES string of the molecule is O=C(NC[C@@H]1Cc2cc(Cl)cc(-c3ccncc3)c2O1)c1ccccc1. The number of halogens is 1. The molecule has 0 radical (unpaired) electrons. The van der Waals surface area contributed by atoms with Crippen molar-refractivity contribution < 1.29 is 9.53 Å². The minimum Gasteiger partial charge on any atom is -0.487 e. The van der Waals surface area contributed by atoms with Crippen LogP contribution in [0.3, 0.4) is 0 Å². The zero-order valence-corrected chi connectivity index (χ0v) is 14.7. The van der Waals surface area contributed by atoms with Crippen LogP contribution in [0.15, 0.2) is 67.0 Å². The van der Waals surface area contributed by atoms with E-state index >= 15 is 0 Å². The lowest BCUT2D eigenvalue weighted by atomic mass is 10.0. The second kappa shape index (κ2) is 7.18. The zero-order valence-electron chi connectivity index (χ0n) is 14.0. The lowest BCUT2D eigenvalue weighted by Crippen LogP contribution is -2.34. The summed E-state index contributed by atoms with van der Waals surface area (Å²) in [5, 5.41) is 3.62. The molecule has 2 aromatic carbocycles. The fourth-order valence-corrected chi connectivity index (χ4v) is 3.39. The van der Waals surface area contributed by atoms with Gasteiger partial charge in [-0.3, -0.25) is 9.78 Å². The highest BCUT2D eigenvalue weighted by Gasteiger charge is 2.27. The monoisotopic (exact) mass is 364 g/mol. The van der Waals surface area contributed by atoms with E-state index < -0.39 is 0 Å². The maximum Gasteiger partial charge on any atom is 0.251 e. The minimum atomic E-state index is -0.114. The van der Waals surface area contributed by atoms with Crippen molar-refractivity contribution in [2.24, 2.45) is 0 Å². The van der Waals surface area contributed by atoms with Gasteiger partial charge < -0.3 is 10.1 Å². The number of aromatic nitrogens is 1. The molecule has 5 heteroatoms. The molecule has 4 nitrogen and oxygen atoms in total. The highest BCUT2D eigenvalue weighted by molar-refractivity contribution is 6.31. The van der Waals surface area contributed by atoms with E-state index in [0.29, 0.717) is 23.6 Å². The number of hydrogen-bond acceptors (Lipinski definition) is 3. The van der Waals surface area contributed by atoms with Gasteiger partial charge in [0.1, 0.15) is 11.9 Å². The van der Waals surface area contributed by atoms with E-state index in [4.69, 9.17) is 16.3 Å². The predicted octanol–water partition coefficient (Wildman–Crippen LogP) is 4.14. The Hall–Kier alpha value is -2.85. The number of hydrogen-bond donors (Lipinski definition) is 1. The molecule has 1 aliphatic rings. The van der Waals surface area contributed by atoms with Crippen molar-refractivity contribution >= 4 is 17.5 Å². The molecular weight excluding hydrogens is 348 g/mol. The van der Waals surface area contributed by atoms with Gasteiger partial charge in [-0.25, -0.2) is 0 Å². The molecule has 1 atom stereocenters.